The number of aryl methyl sites for hydroxylation is 1. The first-order chi connectivity index (χ1) is 40.4. The van der Waals surface area contributed by atoms with Gasteiger partial charge in [0.15, 0.2) is 0 Å². The van der Waals surface area contributed by atoms with Gasteiger partial charge in [0.2, 0.25) is 47.6 Å². The molecule has 27 heteroatoms. The lowest BCUT2D eigenvalue weighted by molar-refractivity contribution is -0.124. The van der Waals surface area contributed by atoms with Crippen LogP contribution in [0.3, 0.4) is 0 Å². The lowest BCUT2D eigenvalue weighted by atomic mass is 9.55. The SMILES string of the molecule is C/C1=C2/N=C(C=C3N/C(=C(/C)C4=N[C@@](C)([C@@H]5N=C1[C@](C)(CCC(=O)NC[C@H](C)OP(=O)(O)O[C@H]1[C@@H](O)[C@@H](Oc6ccc(C)cc6)O[C@@H]1CO)[C@H]5CC(N)=O)[C@@](C)(CC(N)=O)[C@@H]4CCC(N)=O)[C@@](C)(CC(N)=O)[C@@H]3CCC(N)=O)C(C)(C)[C@@H]2CCC(N)=O. The summed E-state index contributed by atoms with van der Waals surface area (Å²) in [7, 11) is -5.05. The number of primary amides is 6. The minimum atomic E-state index is -5.05. The highest BCUT2D eigenvalue weighted by molar-refractivity contribution is 7.47. The van der Waals surface area contributed by atoms with Crippen LogP contribution in [0, 0.1) is 52.3 Å². The van der Waals surface area contributed by atoms with Gasteiger partial charge in [-0.25, -0.2) is 4.57 Å². The molecular formula is C60H88N11O15P. The molecule has 6 heterocycles. The van der Waals surface area contributed by atoms with Gasteiger partial charge in [-0.05, 0) is 89.7 Å². The standard InChI is InChI=1S/C60H88N11O15P/c1-29-11-13-33(14-12-29)83-55-50(80)51(39(28-72)84-55)86-87(81,82)85-30(2)27-67-47(79)21-22-57(7)37(23-44(64)76)54-60(10)59(9,26-46(66)78)36(17-20-43(63)75)49(71-60)32(4)53-58(8,25-45(65)77)34(15-18-41(61)73)38(68-53)24-40-56(5,6)35(16-19-42(62)74)48(69-40)31(3)52(57)70-54/h11-14,24,30,34-37,39,50-51,54-55,68,72,80H,15-23,25-28H2,1-10H3,(H2,61,73)(H2,62,74)(H2,63,75)(H2,64,76)(H2,65,77)(H2,66,78)(H,67,79)(H,81,82)/b38-24?,48-31-,53-32-/t30-,34+,35+,36+,37-,39+,50+,51+,54+,55-,57+,58-,59-,60-/m0/s1. The summed E-state index contributed by atoms with van der Waals surface area (Å²) in [4.78, 5) is 121. The van der Waals surface area contributed by atoms with E-state index in [0.717, 1.165) is 5.56 Å². The van der Waals surface area contributed by atoms with Gasteiger partial charge in [0.05, 0.1) is 24.3 Å². The minimum Gasteiger partial charge on any atom is -0.462 e. The smallest absolute Gasteiger partial charge is 0.462 e. The molecule has 478 valence electrons. The van der Waals surface area contributed by atoms with E-state index in [-0.39, 0.29) is 77.2 Å². The summed E-state index contributed by atoms with van der Waals surface area (Å²) in [6, 6.07) is 5.78. The number of aliphatic hydroxyl groups excluding tert-OH is 2. The molecule has 17 N–H and O–H groups in total. The first kappa shape index (κ1) is 67.8. The van der Waals surface area contributed by atoms with Crippen LogP contribution in [0.2, 0.25) is 0 Å². The van der Waals surface area contributed by atoms with Gasteiger partial charge in [-0.2, -0.15) is 0 Å². The quantitative estimate of drug-likeness (QED) is 0.0564. The number of nitrogens with two attached hydrogens (primary N) is 6. The monoisotopic (exact) mass is 1230 g/mol. The molecule has 0 spiro atoms. The molecule has 0 radical (unpaired) electrons. The van der Waals surface area contributed by atoms with Crippen molar-refractivity contribution in [3.05, 3.63) is 64.1 Å². The van der Waals surface area contributed by atoms with Gasteiger partial charge >= 0.3 is 7.82 Å². The van der Waals surface area contributed by atoms with E-state index in [2.05, 4.69) is 10.6 Å². The predicted molar refractivity (Wildman–Crippen MR) is 321 cm³/mol. The Kier molecular flexibility index (Phi) is 20.1. The first-order valence-corrected chi connectivity index (χ1v) is 30.9. The number of phosphoric acid groups is 1. The van der Waals surface area contributed by atoms with E-state index in [1.165, 1.54) is 6.92 Å². The fraction of sp³-hybridized carbons (Fsp3) is 0.633. The molecule has 7 amide bonds. The first-order valence-electron chi connectivity index (χ1n) is 29.4. The van der Waals surface area contributed by atoms with Gasteiger partial charge in [0.25, 0.3) is 0 Å². The van der Waals surface area contributed by atoms with Crippen LogP contribution in [-0.4, -0.2) is 129 Å². The van der Waals surface area contributed by atoms with E-state index in [0.29, 0.717) is 51.1 Å². The molecule has 0 aromatic heterocycles. The number of carbonyl (C=O) groups excluding carboxylic acids is 7. The van der Waals surface area contributed by atoms with Crippen molar-refractivity contribution in [3.8, 4) is 5.75 Å². The second-order valence-corrected chi connectivity index (χ2v) is 27.3. The maximum Gasteiger partial charge on any atom is 0.472 e. The zero-order valence-electron chi connectivity index (χ0n) is 51.3. The fourth-order valence-corrected chi connectivity index (χ4v) is 15.7. The van der Waals surface area contributed by atoms with Crippen molar-refractivity contribution >= 4 is 66.3 Å². The van der Waals surface area contributed by atoms with Crippen LogP contribution in [0.15, 0.2) is 73.6 Å². The Labute approximate surface area is 506 Å². The van der Waals surface area contributed by atoms with Gasteiger partial charge in [-0.1, -0.05) is 52.3 Å². The second-order valence-electron chi connectivity index (χ2n) is 25.9. The Morgan fingerprint density at radius 3 is 1.93 bits per heavy atom. The molecule has 2 saturated heterocycles. The third-order valence-electron chi connectivity index (χ3n) is 19.4. The molecule has 2 fully saturated rings. The lowest BCUT2D eigenvalue weighted by Gasteiger charge is -2.48. The number of benzene rings is 1. The van der Waals surface area contributed by atoms with Crippen LogP contribution >= 0.6 is 7.82 Å². The summed E-state index contributed by atoms with van der Waals surface area (Å²) in [6.45, 7) is 17.2. The molecule has 87 heavy (non-hydrogen) atoms. The minimum absolute atomic E-state index is 0.0121. The molecule has 7 rings (SSSR count). The van der Waals surface area contributed by atoms with Gasteiger partial charge in [0, 0.05) is 131 Å². The van der Waals surface area contributed by atoms with Crippen molar-refractivity contribution < 1.29 is 71.8 Å². The summed E-state index contributed by atoms with van der Waals surface area (Å²) in [5, 5.41) is 27.6. The van der Waals surface area contributed by atoms with E-state index in [9.17, 15) is 53.2 Å². The third kappa shape index (κ3) is 13.8. The molecule has 6 aliphatic rings. The van der Waals surface area contributed by atoms with Crippen LogP contribution in [0.5, 0.6) is 5.75 Å². The zero-order valence-corrected chi connectivity index (χ0v) is 52.2. The Bertz CT molecular complexity index is 3180. The second kappa shape index (κ2) is 25.8. The molecular weight excluding hydrogens is 1150 g/mol. The summed E-state index contributed by atoms with van der Waals surface area (Å²) >= 11 is 0. The van der Waals surface area contributed by atoms with Crippen LogP contribution in [0.1, 0.15) is 139 Å². The highest BCUT2D eigenvalue weighted by atomic mass is 31.2. The summed E-state index contributed by atoms with van der Waals surface area (Å²) in [5.74, 6) is -6.86. The number of hydrogen-bond donors (Lipinski definition) is 11. The van der Waals surface area contributed by atoms with Crippen molar-refractivity contribution in [1.82, 2.24) is 10.6 Å². The van der Waals surface area contributed by atoms with E-state index in [1.54, 1.807) is 24.3 Å². The molecule has 1 aromatic rings. The van der Waals surface area contributed by atoms with Crippen molar-refractivity contribution in [2.24, 2.45) is 94.7 Å². The average Bonchev–Trinajstić information content (AvgIpc) is 1.55. The number of aliphatic imine (C=N–C) groups is 3. The number of phosphoric ester groups is 1. The van der Waals surface area contributed by atoms with Crippen LogP contribution in [-0.2, 0) is 51.9 Å². The number of nitrogens with zero attached hydrogens (tertiary/aromatic N) is 3. The largest absolute Gasteiger partial charge is 0.472 e. The van der Waals surface area contributed by atoms with Gasteiger partial charge in [-0.15, -0.1) is 0 Å². The highest BCUT2D eigenvalue weighted by Gasteiger charge is 2.66. The molecule has 1 aromatic carbocycles. The topological polar surface area (TPSA) is 451 Å². The zero-order chi connectivity index (χ0) is 64.7. The van der Waals surface area contributed by atoms with Crippen molar-refractivity contribution in [3.63, 3.8) is 0 Å². The van der Waals surface area contributed by atoms with Gasteiger partial charge < -0.3 is 69.6 Å². The molecule has 0 aliphatic carbocycles. The normalized spacial score (nSPS) is 34.2. The summed E-state index contributed by atoms with van der Waals surface area (Å²) in [5.41, 5.74) is 35.1. The molecule has 0 saturated carbocycles. The maximum absolute atomic E-state index is 14.3. The molecule has 26 nitrogen and oxygen atoms in total. The van der Waals surface area contributed by atoms with E-state index >= 15 is 0 Å². The number of allylic oxidation sites excluding steroid dienone is 6. The number of amides is 7. The van der Waals surface area contributed by atoms with Crippen LogP contribution in [0.4, 0.5) is 0 Å². The number of aliphatic hydroxyl groups is 2. The number of rotatable bonds is 27. The van der Waals surface area contributed by atoms with E-state index in [1.807, 2.05) is 68.4 Å². The maximum atomic E-state index is 14.3. The molecule has 8 bridgehead atoms. The molecule has 6 aliphatic heterocycles. The van der Waals surface area contributed by atoms with Crippen molar-refractivity contribution in [2.75, 3.05) is 13.2 Å². The van der Waals surface area contributed by atoms with Crippen molar-refractivity contribution in [1.29, 1.82) is 0 Å². The Morgan fingerprint density at radius 2 is 1.37 bits per heavy atom. The van der Waals surface area contributed by atoms with Gasteiger partial charge in [0.1, 0.15) is 24.1 Å². The van der Waals surface area contributed by atoms with Gasteiger partial charge in [-0.3, -0.25) is 57.6 Å². The Hall–Kier alpha value is -6.67. The predicted octanol–water partition coefficient (Wildman–Crippen LogP) is 2.71. The summed E-state index contributed by atoms with van der Waals surface area (Å²) in [6.07, 6.45) is -6.05. The Balaban J connectivity index is 1.33. The number of carbonyl (C=O) groups is 7. The highest BCUT2D eigenvalue weighted by Crippen LogP contribution is 2.62. The van der Waals surface area contributed by atoms with Crippen LogP contribution in [0.25, 0.3) is 0 Å². The Morgan fingerprint density at radius 1 is 0.782 bits per heavy atom. The number of nitrogens with one attached hydrogen (secondary N) is 2. The average molecular weight is 1230 g/mol. The number of hydrogen-bond acceptors (Lipinski definition) is 18. The third-order valence-corrected chi connectivity index (χ3v) is 20.5. The lowest BCUT2D eigenvalue weighted by Crippen LogP contribution is -2.56. The summed E-state index contributed by atoms with van der Waals surface area (Å²) < 4.78 is 35.7. The van der Waals surface area contributed by atoms with E-state index in [4.69, 9.17) is 67.9 Å². The van der Waals surface area contributed by atoms with Crippen LogP contribution < -0.4 is 49.8 Å². The molecule has 15 atom stereocenters. The van der Waals surface area contributed by atoms with Crippen molar-refractivity contribution in [2.45, 2.75) is 182 Å². The number of fused-ring (bicyclic) bond motifs is 6. The molecule has 1 unspecified atom stereocenters. The van der Waals surface area contributed by atoms with E-state index < -0.39 is 143 Å². The fourth-order valence-electron chi connectivity index (χ4n) is 14.6. The number of ether oxygens (including phenoxy) is 2.